The van der Waals surface area contributed by atoms with Crippen LogP contribution < -0.4 is 5.44 Å². The van der Waals surface area contributed by atoms with Crippen LogP contribution in [0.4, 0.5) is 0 Å². The van der Waals surface area contributed by atoms with Crippen molar-refractivity contribution in [1.82, 2.24) is 19.6 Å². The van der Waals surface area contributed by atoms with Crippen LogP contribution in [0.5, 0.6) is 0 Å². The van der Waals surface area contributed by atoms with Crippen LogP contribution in [-0.2, 0) is 26.8 Å². The van der Waals surface area contributed by atoms with Gasteiger partial charge in [-0.3, -0.25) is 0 Å². The van der Waals surface area contributed by atoms with Gasteiger partial charge in [0.25, 0.3) is 0 Å². The van der Waals surface area contributed by atoms with Crippen LogP contribution in [0.2, 0.25) is 0 Å². The van der Waals surface area contributed by atoms with Crippen molar-refractivity contribution in [3.8, 4) is 33.9 Å². The zero-order valence-corrected chi connectivity index (χ0v) is 33.5. The van der Waals surface area contributed by atoms with E-state index in [4.69, 9.17) is 10.2 Å². The SMILES string of the molecule is C.CCCc1ccccc1.[CH3-].[Pd+2].c1ccc(-c2nn(-c3ccccc3)c(-c3ccccc3)c2-n2nccc2[PH+](C2CCCCC2)C2CCCCC2)cc1. The van der Waals surface area contributed by atoms with Crippen LogP contribution in [0.1, 0.15) is 90.5 Å². The van der Waals surface area contributed by atoms with E-state index in [9.17, 15) is 0 Å². The number of para-hydroxylation sites is 1. The molecule has 2 heterocycles. The van der Waals surface area contributed by atoms with Gasteiger partial charge in [-0.2, -0.15) is 14.9 Å². The first kappa shape index (κ1) is 42.1. The van der Waals surface area contributed by atoms with Crippen molar-refractivity contribution < 1.29 is 20.4 Å². The van der Waals surface area contributed by atoms with Crippen molar-refractivity contribution in [3.05, 3.63) is 147 Å². The average molecular weight is 817 g/mol. The van der Waals surface area contributed by atoms with E-state index in [0.717, 1.165) is 45.2 Å². The molecule has 4 nitrogen and oxygen atoms in total. The molecule has 6 aromatic rings. The van der Waals surface area contributed by atoms with Crippen LogP contribution in [0, 0.1) is 7.43 Å². The van der Waals surface area contributed by atoms with E-state index < -0.39 is 7.92 Å². The maximum absolute atomic E-state index is 5.38. The second kappa shape index (κ2) is 21.3. The Bertz CT molecular complexity index is 1860. The third-order valence-corrected chi connectivity index (χ3v) is 14.5. The smallest absolute Gasteiger partial charge is 0.358 e. The summed E-state index contributed by atoms with van der Waals surface area (Å²) < 4.78 is 4.49. The largest absolute Gasteiger partial charge is 2.00 e. The van der Waals surface area contributed by atoms with E-state index in [1.807, 2.05) is 0 Å². The Morgan fingerprint density at radius 1 is 0.604 bits per heavy atom. The summed E-state index contributed by atoms with van der Waals surface area (Å²) in [5.74, 6) is 0. The van der Waals surface area contributed by atoms with Crippen LogP contribution >= 0.6 is 7.92 Å². The molecule has 0 N–H and O–H groups in total. The fourth-order valence-corrected chi connectivity index (χ4v) is 12.5. The molecule has 0 saturated heterocycles. The van der Waals surface area contributed by atoms with E-state index in [1.54, 1.807) is 0 Å². The summed E-state index contributed by atoms with van der Waals surface area (Å²) in [6.45, 7) is 2.20. The van der Waals surface area contributed by atoms with Gasteiger partial charge in [0.05, 0.1) is 31.1 Å². The molecule has 0 radical (unpaired) electrons. The Morgan fingerprint density at radius 2 is 1.09 bits per heavy atom. The third kappa shape index (κ3) is 10.1. The fourth-order valence-electron chi connectivity index (χ4n) is 8.22. The summed E-state index contributed by atoms with van der Waals surface area (Å²) in [6.07, 6.45) is 18.4. The molecule has 2 saturated carbocycles. The molecular weight excluding hydrogens is 758 g/mol. The van der Waals surface area contributed by atoms with Crippen molar-refractivity contribution in [3.63, 3.8) is 0 Å². The van der Waals surface area contributed by atoms with Crippen molar-refractivity contribution in [2.45, 2.75) is 103 Å². The minimum Gasteiger partial charge on any atom is -0.358 e. The molecule has 0 unspecified atom stereocenters. The molecule has 2 aliphatic rings. The number of aromatic nitrogens is 4. The van der Waals surface area contributed by atoms with Crippen LogP contribution in [0.15, 0.2) is 134 Å². The first-order chi connectivity index (χ1) is 24.8. The first-order valence-electron chi connectivity index (χ1n) is 19.1. The minimum absolute atomic E-state index is 0. The van der Waals surface area contributed by atoms with Crippen molar-refractivity contribution >= 4 is 13.4 Å². The molecule has 4 aromatic carbocycles. The normalized spacial score (nSPS) is 14.6. The summed E-state index contributed by atoms with van der Waals surface area (Å²) in [5, 5.41) is 10.5. The standard InChI is InChI=1S/C36H39N4P.C9H12.CH4.CH3.Pd/c1-6-16-28(17-7-1)34-36(35(29-18-8-2-9-19-29)39(38-34)30-20-10-3-11-21-30)40-33(26-27-37-40)41(31-22-12-4-13-23-31)32-24-14-5-15-25-32;1-2-6-9-7-4-3-5-8-9;;;/h1-3,6-11,16-21,26-27,31-32H,4-5,12-15,22-25H2;3-5,7-8H,2,6H2,1H3;1H4;1H3;/q;;;-1;+2/p+1. The predicted octanol–water partition coefficient (Wildman–Crippen LogP) is 12.6. The first-order valence-corrected chi connectivity index (χ1v) is 20.7. The van der Waals surface area contributed by atoms with Gasteiger partial charge in [-0.05, 0) is 75.5 Å². The Morgan fingerprint density at radius 3 is 1.62 bits per heavy atom. The van der Waals surface area contributed by atoms with Crippen molar-refractivity contribution in [1.29, 1.82) is 0 Å². The maximum Gasteiger partial charge on any atom is 2.00 e. The maximum atomic E-state index is 5.38. The number of nitrogens with zero attached hydrogens (tertiary/aromatic N) is 4. The quantitative estimate of drug-likeness (QED) is 0.0828. The number of hydrogen-bond acceptors (Lipinski definition) is 2. The number of aryl methyl sites for hydroxylation is 1. The molecule has 280 valence electrons. The monoisotopic (exact) mass is 816 g/mol. The Balaban J connectivity index is 0.000000462. The molecule has 0 atom stereocenters. The molecule has 2 aliphatic carbocycles. The summed E-state index contributed by atoms with van der Waals surface area (Å²) in [7, 11) is -0.844. The molecule has 0 bridgehead atoms. The summed E-state index contributed by atoms with van der Waals surface area (Å²) >= 11 is 0. The predicted molar refractivity (Wildman–Crippen MR) is 227 cm³/mol. The third-order valence-electron chi connectivity index (χ3n) is 10.6. The molecule has 53 heavy (non-hydrogen) atoms. The molecular formula is C47H59N4PPd+2. The molecule has 2 fully saturated rings. The molecule has 8 rings (SSSR count). The summed E-state index contributed by atoms with van der Waals surface area (Å²) in [6, 6.07) is 45.0. The Kier molecular flexibility index (Phi) is 17.0. The second-order valence-electron chi connectivity index (χ2n) is 14.0. The van der Waals surface area contributed by atoms with Crippen molar-refractivity contribution in [2.24, 2.45) is 0 Å². The van der Waals surface area contributed by atoms with Gasteiger partial charge in [-0.15, -0.1) is 0 Å². The van der Waals surface area contributed by atoms with E-state index in [0.29, 0.717) is 0 Å². The van der Waals surface area contributed by atoms with E-state index in [2.05, 4.69) is 150 Å². The zero-order chi connectivity index (χ0) is 34.0. The van der Waals surface area contributed by atoms with Gasteiger partial charge >= 0.3 is 20.4 Å². The van der Waals surface area contributed by atoms with Gasteiger partial charge in [-0.1, -0.05) is 143 Å². The van der Waals surface area contributed by atoms with Crippen molar-refractivity contribution in [2.75, 3.05) is 0 Å². The zero-order valence-electron chi connectivity index (χ0n) is 30.9. The summed E-state index contributed by atoms with van der Waals surface area (Å²) in [4.78, 5) is 0. The molecule has 0 amide bonds. The van der Waals surface area contributed by atoms with Gasteiger partial charge in [0.15, 0.2) is 5.44 Å². The number of hydrogen-bond donors (Lipinski definition) is 0. The van der Waals surface area contributed by atoms with Crippen LogP contribution in [-0.4, -0.2) is 30.9 Å². The van der Waals surface area contributed by atoms with Gasteiger partial charge in [0.2, 0.25) is 0 Å². The number of rotatable bonds is 9. The Labute approximate surface area is 334 Å². The molecule has 0 aliphatic heterocycles. The van der Waals surface area contributed by atoms with Gasteiger partial charge < -0.3 is 7.43 Å². The van der Waals surface area contributed by atoms with E-state index in [1.165, 1.54) is 88.0 Å². The van der Waals surface area contributed by atoms with E-state index in [-0.39, 0.29) is 35.3 Å². The van der Waals surface area contributed by atoms with Crippen LogP contribution in [0.25, 0.3) is 33.9 Å². The number of benzene rings is 4. The van der Waals surface area contributed by atoms with Gasteiger partial charge in [0.1, 0.15) is 17.1 Å². The second-order valence-corrected chi connectivity index (χ2v) is 17.1. The molecule has 0 spiro atoms. The molecule has 2 aromatic heterocycles. The minimum atomic E-state index is -0.844. The van der Waals surface area contributed by atoms with Gasteiger partial charge in [0, 0.05) is 17.2 Å². The molecule has 6 heteroatoms. The van der Waals surface area contributed by atoms with Gasteiger partial charge in [-0.25, -0.2) is 4.68 Å². The van der Waals surface area contributed by atoms with Crippen LogP contribution in [0.3, 0.4) is 0 Å². The fraction of sp³-hybridized carbons (Fsp3) is 0.340. The Hall–Kier alpha value is -3.61. The van der Waals surface area contributed by atoms with E-state index >= 15 is 0 Å². The topological polar surface area (TPSA) is 35.6 Å². The average Bonchev–Trinajstić information content (AvgIpc) is 3.83. The summed E-state index contributed by atoms with van der Waals surface area (Å²) in [5.41, 5.74) is 11.1.